The SMILES string of the molecule is O=C1CC(C2CCCN(C(=O)CCn3[nH]c(=O)ccc3=O)C2)Oc2ccc3ccccc3c21. The zero-order valence-corrected chi connectivity index (χ0v) is 18.2. The van der Waals surface area contributed by atoms with Crippen molar-refractivity contribution in [3.8, 4) is 5.75 Å². The number of amides is 1. The molecule has 1 amide bonds. The molecule has 2 aliphatic heterocycles. The second kappa shape index (κ2) is 8.69. The summed E-state index contributed by atoms with van der Waals surface area (Å²) in [7, 11) is 0. The third-order valence-electron chi connectivity index (χ3n) is 6.61. The summed E-state index contributed by atoms with van der Waals surface area (Å²) in [6.45, 7) is 1.27. The van der Waals surface area contributed by atoms with Gasteiger partial charge in [0.15, 0.2) is 5.78 Å². The minimum absolute atomic E-state index is 0.0607. The zero-order valence-electron chi connectivity index (χ0n) is 18.2. The molecule has 0 radical (unpaired) electrons. The molecule has 2 aliphatic rings. The number of carbonyl (C=O) groups is 2. The maximum absolute atomic E-state index is 13.1. The number of nitrogens with one attached hydrogen (secondary N) is 1. The molecule has 2 unspecified atom stereocenters. The number of ketones is 1. The molecule has 2 atom stereocenters. The Bertz CT molecular complexity index is 1340. The molecule has 3 heterocycles. The van der Waals surface area contributed by atoms with Crippen molar-refractivity contribution in [2.24, 2.45) is 5.92 Å². The number of rotatable bonds is 4. The van der Waals surface area contributed by atoms with Crippen LogP contribution in [-0.2, 0) is 11.3 Å². The summed E-state index contributed by atoms with van der Waals surface area (Å²) in [5.74, 6) is 0.676. The second-order valence-corrected chi connectivity index (χ2v) is 8.73. The lowest BCUT2D eigenvalue weighted by molar-refractivity contribution is -0.134. The van der Waals surface area contributed by atoms with Gasteiger partial charge in [0, 0.05) is 44.0 Å². The lowest BCUT2D eigenvalue weighted by Crippen LogP contribution is -2.46. The Morgan fingerprint density at radius 2 is 1.91 bits per heavy atom. The molecule has 3 aromatic rings. The number of H-pyrrole nitrogens is 1. The molecular formula is C25H25N3O5. The smallest absolute Gasteiger partial charge is 0.265 e. The lowest BCUT2D eigenvalue weighted by Gasteiger charge is -2.38. The van der Waals surface area contributed by atoms with Gasteiger partial charge in [-0.2, -0.15) is 0 Å². The molecule has 1 fully saturated rings. The highest BCUT2D eigenvalue weighted by Crippen LogP contribution is 2.37. The van der Waals surface area contributed by atoms with Crippen LogP contribution in [0.15, 0.2) is 58.1 Å². The summed E-state index contributed by atoms with van der Waals surface area (Å²) in [6, 6.07) is 14.0. The standard InChI is InChI=1S/C25H25N3O5/c29-19-14-21(33-20-8-7-16-4-1-2-6-18(16)25(19)20)17-5-3-12-27(15-17)23(31)11-13-28-24(32)10-9-22(30)26-28/h1-2,4,6-10,17,21H,3,5,11-15H2,(H,26,30). The van der Waals surface area contributed by atoms with Crippen LogP contribution < -0.4 is 15.9 Å². The molecule has 33 heavy (non-hydrogen) atoms. The van der Waals surface area contributed by atoms with E-state index in [2.05, 4.69) is 5.10 Å². The van der Waals surface area contributed by atoms with E-state index in [4.69, 9.17) is 4.74 Å². The maximum Gasteiger partial charge on any atom is 0.265 e. The first-order valence-electron chi connectivity index (χ1n) is 11.3. The summed E-state index contributed by atoms with van der Waals surface area (Å²) in [4.78, 5) is 51.0. The number of likely N-dealkylation sites (tertiary alicyclic amines) is 1. The highest BCUT2D eigenvalue weighted by Gasteiger charge is 2.36. The number of nitrogens with zero attached hydrogens (tertiary/aromatic N) is 2. The summed E-state index contributed by atoms with van der Waals surface area (Å²) >= 11 is 0. The number of aromatic amines is 1. The number of benzene rings is 2. The molecule has 2 aromatic carbocycles. The molecule has 1 saturated heterocycles. The van der Waals surface area contributed by atoms with Crippen molar-refractivity contribution >= 4 is 22.5 Å². The Labute approximate surface area is 189 Å². The van der Waals surface area contributed by atoms with Crippen molar-refractivity contribution in [3.63, 3.8) is 0 Å². The van der Waals surface area contributed by atoms with E-state index in [-0.39, 0.29) is 47.8 Å². The van der Waals surface area contributed by atoms with E-state index in [1.165, 1.54) is 12.1 Å². The fourth-order valence-electron chi connectivity index (χ4n) is 4.92. The number of hydrogen-bond donors (Lipinski definition) is 1. The van der Waals surface area contributed by atoms with E-state index in [0.29, 0.717) is 30.8 Å². The number of hydrogen-bond acceptors (Lipinski definition) is 5. The second-order valence-electron chi connectivity index (χ2n) is 8.73. The van der Waals surface area contributed by atoms with Gasteiger partial charge in [0.25, 0.3) is 11.1 Å². The molecular weight excluding hydrogens is 422 g/mol. The zero-order chi connectivity index (χ0) is 22.9. The molecule has 0 bridgehead atoms. The first kappa shape index (κ1) is 21.2. The molecule has 5 rings (SSSR count). The Balaban J connectivity index is 1.27. The molecule has 1 aromatic heterocycles. The summed E-state index contributed by atoms with van der Waals surface area (Å²) < 4.78 is 7.45. The van der Waals surface area contributed by atoms with Crippen LogP contribution >= 0.6 is 0 Å². The van der Waals surface area contributed by atoms with Crippen molar-refractivity contribution in [1.82, 2.24) is 14.7 Å². The van der Waals surface area contributed by atoms with Gasteiger partial charge in [-0.15, -0.1) is 0 Å². The van der Waals surface area contributed by atoms with Crippen LogP contribution in [0.1, 0.15) is 36.0 Å². The minimum Gasteiger partial charge on any atom is -0.489 e. The third kappa shape index (κ3) is 4.20. The average Bonchev–Trinajstić information content (AvgIpc) is 2.84. The fraction of sp³-hybridized carbons (Fsp3) is 0.360. The summed E-state index contributed by atoms with van der Waals surface area (Å²) in [5, 5.41) is 4.37. The highest BCUT2D eigenvalue weighted by atomic mass is 16.5. The normalized spacial score (nSPS) is 20.4. The van der Waals surface area contributed by atoms with Gasteiger partial charge in [0.2, 0.25) is 5.91 Å². The molecule has 170 valence electrons. The van der Waals surface area contributed by atoms with Gasteiger partial charge in [-0.3, -0.25) is 24.3 Å². The van der Waals surface area contributed by atoms with Crippen molar-refractivity contribution < 1.29 is 14.3 Å². The largest absolute Gasteiger partial charge is 0.489 e. The molecule has 0 spiro atoms. The average molecular weight is 447 g/mol. The van der Waals surface area contributed by atoms with E-state index in [0.717, 1.165) is 28.3 Å². The number of piperidine rings is 1. The van der Waals surface area contributed by atoms with E-state index >= 15 is 0 Å². The van der Waals surface area contributed by atoms with Crippen molar-refractivity contribution in [3.05, 3.63) is 74.8 Å². The van der Waals surface area contributed by atoms with Gasteiger partial charge < -0.3 is 9.64 Å². The van der Waals surface area contributed by atoms with Crippen LogP contribution in [0.5, 0.6) is 5.75 Å². The predicted octanol–water partition coefficient (Wildman–Crippen LogP) is 2.35. The van der Waals surface area contributed by atoms with Crippen LogP contribution in [-0.4, -0.2) is 45.6 Å². The van der Waals surface area contributed by atoms with Crippen molar-refractivity contribution in [2.75, 3.05) is 13.1 Å². The van der Waals surface area contributed by atoms with Gasteiger partial charge in [-0.25, -0.2) is 4.68 Å². The first-order chi connectivity index (χ1) is 16.0. The van der Waals surface area contributed by atoms with E-state index in [1.807, 2.05) is 36.4 Å². The Hall–Kier alpha value is -3.68. The van der Waals surface area contributed by atoms with Crippen LogP contribution in [0, 0.1) is 5.92 Å². The Morgan fingerprint density at radius 1 is 1.06 bits per heavy atom. The quantitative estimate of drug-likeness (QED) is 0.662. The van der Waals surface area contributed by atoms with Crippen LogP contribution in [0.2, 0.25) is 0 Å². The number of fused-ring (bicyclic) bond motifs is 3. The molecule has 1 N–H and O–H groups in total. The van der Waals surface area contributed by atoms with Gasteiger partial charge in [-0.1, -0.05) is 30.3 Å². The molecule has 8 nitrogen and oxygen atoms in total. The van der Waals surface area contributed by atoms with Crippen LogP contribution in [0.25, 0.3) is 10.8 Å². The maximum atomic E-state index is 13.1. The van der Waals surface area contributed by atoms with Crippen LogP contribution in [0.4, 0.5) is 0 Å². The summed E-state index contributed by atoms with van der Waals surface area (Å²) in [5.41, 5.74) is -0.0816. The van der Waals surface area contributed by atoms with E-state index in [1.54, 1.807) is 4.90 Å². The molecule has 0 aliphatic carbocycles. The summed E-state index contributed by atoms with van der Waals surface area (Å²) in [6.07, 6.45) is 1.86. The minimum atomic E-state index is -0.382. The molecule has 8 heteroatoms. The monoisotopic (exact) mass is 447 g/mol. The first-order valence-corrected chi connectivity index (χ1v) is 11.3. The molecule has 0 saturated carbocycles. The van der Waals surface area contributed by atoms with Gasteiger partial charge >= 0.3 is 0 Å². The number of ether oxygens (including phenoxy) is 1. The topological polar surface area (TPSA) is 101 Å². The van der Waals surface area contributed by atoms with Gasteiger partial charge in [0.05, 0.1) is 12.1 Å². The highest BCUT2D eigenvalue weighted by molar-refractivity contribution is 6.11. The number of aryl methyl sites for hydroxylation is 1. The van der Waals surface area contributed by atoms with E-state index < -0.39 is 0 Å². The van der Waals surface area contributed by atoms with Crippen LogP contribution in [0.3, 0.4) is 0 Å². The lowest BCUT2D eigenvalue weighted by atomic mass is 9.85. The predicted molar refractivity (Wildman–Crippen MR) is 123 cm³/mol. The number of carbonyl (C=O) groups excluding carboxylic acids is 2. The van der Waals surface area contributed by atoms with Crippen molar-refractivity contribution in [2.45, 2.75) is 38.3 Å². The fourth-order valence-corrected chi connectivity index (χ4v) is 4.92. The number of aromatic nitrogens is 2. The van der Waals surface area contributed by atoms with Gasteiger partial charge in [-0.05, 0) is 29.7 Å². The number of Topliss-reactive ketones (excluding diaryl/α,β-unsaturated/α-hetero) is 1. The van der Waals surface area contributed by atoms with Gasteiger partial charge in [0.1, 0.15) is 11.9 Å². The Morgan fingerprint density at radius 3 is 2.79 bits per heavy atom. The third-order valence-corrected chi connectivity index (χ3v) is 6.61. The van der Waals surface area contributed by atoms with E-state index in [9.17, 15) is 19.2 Å². The Kier molecular flexibility index (Phi) is 5.58. The van der Waals surface area contributed by atoms with Crippen molar-refractivity contribution in [1.29, 1.82) is 0 Å².